The van der Waals surface area contributed by atoms with Crippen LogP contribution in [0.4, 0.5) is 11.8 Å². The largest absolute Gasteiger partial charge is 0.490 e. The van der Waals surface area contributed by atoms with E-state index < -0.39 is 0 Å². The molecule has 0 aliphatic carbocycles. The standard InChI is InChI=1S/C31H39N7O3/c1-5-40-27-18-23-26(19-28(27)41-6-2)33-31(37-15-13-35(4)14-16-37)34-29(23)36-11-9-22(10-12-36)38-20-32-25-8-7-21(3)17-24(25)30(38)39/h7-8,17-20,22H,5-6,9-16H2,1-4H3. The van der Waals surface area contributed by atoms with Gasteiger partial charge in [0.1, 0.15) is 5.82 Å². The summed E-state index contributed by atoms with van der Waals surface area (Å²) in [5, 5.41) is 1.63. The molecule has 6 rings (SSSR count). The van der Waals surface area contributed by atoms with Crippen LogP contribution >= 0.6 is 0 Å². The monoisotopic (exact) mass is 557 g/mol. The molecule has 0 amide bonds. The number of hydrogen-bond acceptors (Lipinski definition) is 9. The van der Waals surface area contributed by atoms with Gasteiger partial charge >= 0.3 is 0 Å². The number of rotatable bonds is 7. The quantitative estimate of drug-likeness (QED) is 0.334. The fraction of sp³-hybridized carbons (Fsp3) is 0.484. The third-order valence-electron chi connectivity index (χ3n) is 8.21. The molecule has 0 atom stereocenters. The fourth-order valence-electron chi connectivity index (χ4n) is 5.90. The first-order valence-electron chi connectivity index (χ1n) is 14.7. The predicted octanol–water partition coefficient (Wildman–Crippen LogP) is 4.04. The second kappa shape index (κ2) is 11.5. The molecule has 2 aliphatic heterocycles. The highest BCUT2D eigenvalue weighted by molar-refractivity contribution is 5.93. The van der Waals surface area contributed by atoms with Gasteiger partial charge in [-0.2, -0.15) is 4.98 Å². The smallest absolute Gasteiger partial charge is 0.261 e. The van der Waals surface area contributed by atoms with Crippen molar-refractivity contribution in [3.63, 3.8) is 0 Å². The van der Waals surface area contributed by atoms with E-state index in [1.807, 2.05) is 55.7 Å². The number of ether oxygens (including phenoxy) is 2. The number of likely N-dealkylation sites (N-methyl/N-ethyl adjacent to an activating group) is 1. The molecule has 216 valence electrons. The van der Waals surface area contributed by atoms with Crippen molar-refractivity contribution in [2.75, 3.05) is 69.3 Å². The molecule has 0 unspecified atom stereocenters. The van der Waals surface area contributed by atoms with Crippen molar-refractivity contribution in [2.24, 2.45) is 0 Å². The molecular formula is C31H39N7O3. The van der Waals surface area contributed by atoms with Crippen molar-refractivity contribution in [3.05, 3.63) is 52.6 Å². The van der Waals surface area contributed by atoms with Gasteiger partial charge in [0.25, 0.3) is 5.56 Å². The van der Waals surface area contributed by atoms with E-state index in [1.165, 1.54) is 0 Å². The Hall–Kier alpha value is -3.92. The lowest BCUT2D eigenvalue weighted by molar-refractivity contribution is 0.288. The molecule has 4 aromatic rings. The van der Waals surface area contributed by atoms with Crippen molar-refractivity contribution in [1.29, 1.82) is 0 Å². The number of nitrogens with zero attached hydrogens (tertiary/aromatic N) is 7. The van der Waals surface area contributed by atoms with Gasteiger partial charge in [-0.05, 0) is 58.9 Å². The molecule has 2 saturated heterocycles. The maximum atomic E-state index is 13.4. The summed E-state index contributed by atoms with van der Waals surface area (Å²) in [6, 6.07) is 9.96. The number of anilines is 2. The summed E-state index contributed by atoms with van der Waals surface area (Å²) in [5.74, 6) is 3.07. The summed E-state index contributed by atoms with van der Waals surface area (Å²) in [6.45, 7) is 12.3. The predicted molar refractivity (Wildman–Crippen MR) is 163 cm³/mol. The second-order valence-corrected chi connectivity index (χ2v) is 11.0. The van der Waals surface area contributed by atoms with Crippen LogP contribution in [0.25, 0.3) is 21.8 Å². The van der Waals surface area contributed by atoms with Gasteiger partial charge in [0.15, 0.2) is 11.5 Å². The van der Waals surface area contributed by atoms with E-state index in [1.54, 1.807) is 6.33 Å². The fourth-order valence-corrected chi connectivity index (χ4v) is 5.90. The van der Waals surface area contributed by atoms with Crippen molar-refractivity contribution in [1.82, 2.24) is 24.4 Å². The number of piperidine rings is 1. The molecule has 0 bridgehead atoms. The highest BCUT2D eigenvalue weighted by atomic mass is 16.5. The van der Waals surface area contributed by atoms with E-state index in [0.717, 1.165) is 85.9 Å². The third kappa shape index (κ3) is 5.40. The summed E-state index contributed by atoms with van der Waals surface area (Å²) < 4.78 is 13.7. The van der Waals surface area contributed by atoms with Crippen LogP contribution in [0, 0.1) is 6.92 Å². The third-order valence-corrected chi connectivity index (χ3v) is 8.21. The molecule has 2 fully saturated rings. The Morgan fingerprint density at radius 1 is 0.829 bits per heavy atom. The average Bonchev–Trinajstić information content (AvgIpc) is 2.98. The molecule has 10 nitrogen and oxygen atoms in total. The summed E-state index contributed by atoms with van der Waals surface area (Å²) in [6.07, 6.45) is 3.36. The van der Waals surface area contributed by atoms with Gasteiger partial charge < -0.3 is 24.2 Å². The first-order chi connectivity index (χ1) is 19.9. The lowest BCUT2D eigenvalue weighted by Gasteiger charge is -2.36. The van der Waals surface area contributed by atoms with Gasteiger partial charge in [-0.1, -0.05) is 11.6 Å². The topological polar surface area (TPSA) is 88.9 Å². The molecule has 0 N–H and O–H groups in total. The van der Waals surface area contributed by atoms with Crippen LogP contribution in [0.2, 0.25) is 0 Å². The van der Waals surface area contributed by atoms with Crippen LogP contribution in [0.15, 0.2) is 41.5 Å². The SMILES string of the molecule is CCOc1cc2nc(N3CCN(C)CC3)nc(N3CCC(n4cnc5ccc(C)cc5c4=O)CC3)c2cc1OCC. The zero-order valence-electron chi connectivity index (χ0n) is 24.5. The van der Waals surface area contributed by atoms with Crippen LogP contribution < -0.4 is 24.8 Å². The first kappa shape index (κ1) is 27.3. The number of fused-ring (bicyclic) bond motifs is 2. The minimum absolute atomic E-state index is 0.0341. The van der Waals surface area contributed by atoms with Crippen molar-refractivity contribution >= 4 is 33.6 Å². The average molecular weight is 558 g/mol. The van der Waals surface area contributed by atoms with Crippen LogP contribution in [0.5, 0.6) is 11.5 Å². The zero-order chi connectivity index (χ0) is 28.5. The minimum atomic E-state index is 0.0341. The lowest BCUT2D eigenvalue weighted by atomic mass is 10.0. The Bertz CT molecular complexity index is 1610. The number of benzene rings is 2. The lowest BCUT2D eigenvalue weighted by Crippen LogP contribution is -2.45. The molecule has 0 spiro atoms. The van der Waals surface area contributed by atoms with Crippen molar-refractivity contribution in [2.45, 2.75) is 39.7 Å². The van der Waals surface area contributed by atoms with Gasteiger partial charge in [-0.25, -0.2) is 9.97 Å². The van der Waals surface area contributed by atoms with Crippen molar-refractivity contribution in [3.8, 4) is 11.5 Å². The Morgan fingerprint density at radius 3 is 2.24 bits per heavy atom. The van der Waals surface area contributed by atoms with E-state index >= 15 is 0 Å². The second-order valence-electron chi connectivity index (χ2n) is 11.0. The van der Waals surface area contributed by atoms with Gasteiger partial charge in [0, 0.05) is 56.8 Å². The molecule has 0 saturated carbocycles. The molecule has 2 aromatic carbocycles. The van der Waals surface area contributed by atoms with Crippen LogP contribution in [0.1, 0.15) is 38.3 Å². The molecular weight excluding hydrogens is 518 g/mol. The van der Waals surface area contributed by atoms with Gasteiger partial charge in [-0.3, -0.25) is 9.36 Å². The maximum Gasteiger partial charge on any atom is 0.261 e. The van der Waals surface area contributed by atoms with Gasteiger partial charge in [0.05, 0.1) is 36.0 Å². The van der Waals surface area contributed by atoms with Crippen LogP contribution in [-0.2, 0) is 0 Å². The van der Waals surface area contributed by atoms with E-state index in [9.17, 15) is 4.79 Å². The Kier molecular flexibility index (Phi) is 7.66. The molecule has 2 aromatic heterocycles. The minimum Gasteiger partial charge on any atom is -0.490 e. The zero-order valence-corrected chi connectivity index (χ0v) is 24.5. The number of hydrogen-bond donors (Lipinski definition) is 0. The maximum absolute atomic E-state index is 13.4. The Morgan fingerprint density at radius 2 is 1.54 bits per heavy atom. The van der Waals surface area contributed by atoms with Gasteiger partial charge in [-0.15, -0.1) is 0 Å². The summed E-state index contributed by atoms with van der Waals surface area (Å²) in [7, 11) is 2.15. The normalized spacial score (nSPS) is 17.0. The summed E-state index contributed by atoms with van der Waals surface area (Å²) >= 11 is 0. The first-order valence-corrected chi connectivity index (χ1v) is 14.7. The number of aromatic nitrogens is 4. The summed E-state index contributed by atoms with van der Waals surface area (Å²) in [5.41, 5.74) is 2.69. The molecule has 10 heteroatoms. The molecule has 2 aliphatic rings. The van der Waals surface area contributed by atoms with E-state index in [0.29, 0.717) is 30.1 Å². The highest BCUT2D eigenvalue weighted by Crippen LogP contribution is 2.38. The van der Waals surface area contributed by atoms with Gasteiger partial charge in [0.2, 0.25) is 5.95 Å². The Balaban J connectivity index is 1.34. The number of piperazine rings is 1. The number of aryl methyl sites for hydroxylation is 1. The molecule has 4 heterocycles. The Labute approximate surface area is 240 Å². The van der Waals surface area contributed by atoms with E-state index in [-0.39, 0.29) is 11.6 Å². The molecule has 0 radical (unpaired) electrons. The van der Waals surface area contributed by atoms with Crippen LogP contribution in [-0.4, -0.2) is 83.9 Å². The van der Waals surface area contributed by atoms with E-state index in [4.69, 9.17) is 19.4 Å². The van der Waals surface area contributed by atoms with Crippen LogP contribution in [0.3, 0.4) is 0 Å². The summed E-state index contributed by atoms with van der Waals surface area (Å²) in [4.78, 5) is 35.1. The van der Waals surface area contributed by atoms with Crippen molar-refractivity contribution < 1.29 is 9.47 Å². The highest BCUT2D eigenvalue weighted by Gasteiger charge is 2.27. The van der Waals surface area contributed by atoms with E-state index in [2.05, 4.69) is 26.7 Å². The molecule has 41 heavy (non-hydrogen) atoms.